The van der Waals surface area contributed by atoms with Crippen LogP contribution in [-0.4, -0.2) is 23.6 Å². The molecule has 5 nitrogen and oxygen atoms in total. The Kier molecular flexibility index (Phi) is 5.38. The lowest BCUT2D eigenvalue weighted by atomic mass is 10.2. The van der Waals surface area contributed by atoms with Crippen LogP contribution in [-0.2, 0) is 9.53 Å². The highest BCUT2D eigenvalue weighted by atomic mass is 79.9. The second kappa shape index (κ2) is 6.80. The minimum Gasteiger partial charge on any atom is -0.501 e. The minimum absolute atomic E-state index is 0.0912. The number of aromatic carboxylic acids is 1. The summed E-state index contributed by atoms with van der Waals surface area (Å²) in [5, 5.41) is 11.4. The van der Waals surface area contributed by atoms with Gasteiger partial charge in [0.2, 0.25) is 0 Å². The van der Waals surface area contributed by atoms with E-state index in [4.69, 9.17) is 9.84 Å². The molecule has 0 aliphatic rings. The zero-order valence-electron chi connectivity index (χ0n) is 9.64. The van der Waals surface area contributed by atoms with Gasteiger partial charge in [-0.05, 0) is 25.1 Å². The molecule has 0 atom stereocenters. The molecule has 18 heavy (non-hydrogen) atoms. The van der Waals surface area contributed by atoms with Crippen molar-refractivity contribution in [2.45, 2.75) is 6.92 Å². The molecule has 96 valence electrons. The third-order valence-corrected chi connectivity index (χ3v) is 2.35. The Morgan fingerprint density at radius 3 is 2.78 bits per heavy atom. The van der Waals surface area contributed by atoms with Crippen molar-refractivity contribution in [1.82, 2.24) is 0 Å². The fraction of sp³-hybridized carbons (Fsp3) is 0.167. The molecule has 1 aromatic rings. The summed E-state index contributed by atoms with van der Waals surface area (Å²) in [6, 6.07) is 4.44. The van der Waals surface area contributed by atoms with Gasteiger partial charge < -0.3 is 15.2 Å². The van der Waals surface area contributed by atoms with Crippen LogP contribution in [0, 0.1) is 0 Å². The molecule has 1 aromatic carbocycles. The molecule has 0 heterocycles. The van der Waals surface area contributed by atoms with Gasteiger partial charge in [0.25, 0.3) is 5.91 Å². The van der Waals surface area contributed by atoms with Crippen LogP contribution in [0.2, 0.25) is 0 Å². The standard InChI is InChI=1S/C12H12BrNO4/c1-2-18-4-3-11(15)14-10-6-8(12(16)17)5-9(13)7-10/h3-7H,2H2,1H3,(H,14,15)(H,16,17)/b4-3+. The molecular formula is C12H12BrNO4. The summed E-state index contributed by atoms with van der Waals surface area (Å²) in [7, 11) is 0. The molecule has 0 spiro atoms. The number of hydrogen-bond acceptors (Lipinski definition) is 3. The third kappa shape index (κ3) is 4.58. The molecule has 0 saturated heterocycles. The number of amides is 1. The van der Waals surface area contributed by atoms with Crippen molar-refractivity contribution in [3.05, 3.63) is 40.6 Å². The number of benzene rings is 1. The van der Waals surface area contributed by atoms with Crippen molar-refractivity contribution in [2.24, 2.45) is 0 Å². The van der Waals surface area contributed by atoms with Gasteiger partial charge in [-0.25, -0.2) is 4.79 Å². The average Bonchev–Trinajstić information content (AvgIpc) is 2.28. The summed E-state index contributed by atoms with van der Waals surface area (Å²) in [5.41, 5.74) is 0.487. The summed E-state index contributed by atoms with van der Waals surface area (Å²) in [6.07, 6.45) is 2.51. The van der Waals surface area contributed by atoms with Gasteiger partial charge in [0, 0.05) is 16.2 Å². The fourth-order valence-corrected chi connectivity index (χ4v) is 1.67. The number of nitrogens with one attached hydrogen (secondary N) is 1. The Balaban J connectivity index is 2.78. The first-order valence-electron chi connectivity index (χ1n) is 5.16. The first kappa shape index (κ1) is 14.2. The van der Waals surface area contributed by atoms with Gasteiger partial charge in [-0.2, -0.15) is 0 Å². The van der Waals surface area contributed by atoms with Crippen molar-refractivity contribution in [3.63, 3.8) is 0 Å². The monoisotopic (exact) mass is 313 g/mol. The molecule has 0 bridgehead atoms. The first-order valence-corrected chi connectivity index (χ1v) is 5.95. The predicted octanol–water partition coefficient (Wildman–Crippen LogP) is 2.64. The van der Waals surface area contributed by atoms with Gasteiger partial charge in [0.1, 0.15) is 0 Å². The van der Waals surface area contributed by atoms with Gasteiger partial charge in [-0.15, -0.1) is 0 Å². The number of anilines is 1. The van der Waals surface area contributed by atoms with E-state index in [1.807, 2.05) is 0 Å². The first-order chi connectivity index (χ1) is 8.52. The molecule has 2 N–H and O–H groups in total. The van der Waals surface area contributed by atoms with Crippen molar-refractivity contribution in [2.75, 3.05) is 11.9 Å². The van der Waals surface area contributed by atoms with Gasteiger partial charge in [-0.1, -0.05) is 15.9 Å². The molecule has 0 fully saturated rings. The maximum atomic E-state index is 11.4. The Labute approximate surface area is 113 Å². The van der Waals surface area contributed by atoms with Crippen LogP contribution >= 0.6 is 15.9 Å². The summed E-state index contributed by atoms with van der Waals surface area (Å²) in [5.74, 6) is -1.45. The summed E-state index contributed by atoms with van der Waals surface area (Å²) < 4.78 is 5.46. The van der Waals surface area contributed by atoms with Crippen LogP contribution in [0.4, 0.5) is 5.69 Å². The Bertz CT molecular complexity index is 485. The van der Waals surface area contributed by atoms with Crippen LogP contribution in [0.1, 0.15) is 17.3 Å². The van der Waals surface area contributed by atoms with Gasteiger partial charge in [0.15, 0.2) is 0 Å². The quantitative estimate of drug-likeness (QED) is 0.647. The predicted molar refractivity (Wildman–Crippen MR) is 70.5 cm³/mol. The molecule has 1 rings (SSSR count). The minimum atomic E-state index is -1.06. The maximum absolute atomic E-state index is 11.4. The van der Waals surface area contributed by atoms with Gasteiger partial charge in [0.05, 0.1) is 18.4 Å². The van der Waals surface area contributed by atoms with E-state index in [0.29, 0.717) is 16.8 Å². The van der Waals surface area contributed by atoms with E-state index < -0.39 is 11.9 Å². The number of ether oxygens (including phenoxy) is 1. The van der Waals surface area contributed by atoms with Crippen molar-refractivity contribution in [1.29, 1.82) is 0 Å². The van der Waals surface area contributed by atoms with E-state index in [1.54, 1.807) is 13.0 Å². The lowest BCUT2D eigenvalue weighted by Crippen LogP contribution is -2.09. The Morgan fingerprint density at radius 1 is 1.44 bits per heavy atom. The van der Waals surface area contributed by atoms with Crippen molar-refractivity contribution in [3.8, 4) is 0 Å². The lowest BCUT2D eigenvalue weighted by Gasteiger charge is -2.04. The molecule has 0 aromatic heterocycles. The number of carbonyl (C=O) groups is 2. The van der Waals surface area contributed by atoms with Crippen LogP contribution < -0.4 is 5.32 Å². The van der Waals surface area contributed by atoms with E-state index in [2.05, 4.69) is 21.2 Å². The molecule has 0 aliphatic heterocycles. The van der Waals surface area contributed by atoms with Crippen molar-refractivity contribution < 1.29 is 19.4 Å². The molecule has 0 saturated carbocycles. The van der Waals surface area contributed by atoms with Crippen LogP contribution in [0.3, 0.4) is 0 Å². The number of carboxylic acids is 1. The van der Waals surface area contributed by atoms with E-state index in [0.717, 1.165) is 0 Å². The summed E-state index contributed by atoms with van der Waals surface area (Å²) in [6.45, 7) is 2.28. The molecule has 0 unspecified atom stereocenters. The normalized spacial score (nSPS) is 10.3. The number of carbonyl (C=O) groups excluding carboxylic acids is 1. The van der Waals surface area contributed by atoms with E-state index in [-0.39, 0.29) is 5.56 Å². The largest absolute Gasteiger partial charge is 0.501 e. The number of halogens is 1. The van der Waals surface area contributed by atoms with Crippen LogP contribution in [0.15, 0.2) is 35.0 Å². The summed E-state index contributed by atoms with van der Waals surface area (Å²) >= 11 is 3.18. The second-order valence-electron chi connectivity index (χ2n) is 3.28. The zero-order valence-corrected chi connectivity index (χ0v) is 11.2. The maximum Gasteiger partial charge on any atom is 0.335 e. The van der Waals surface area contributed by atoms with E-state index in [9.17, 15) is 9.59 Å². The molecule has 0 radical (unpaired) electrons. The fourth-order valence-electron chi connectivity index (χ4n) is 1.18. The smallest absolute Gasteiger partial charge is 0.335 e. The number of rotatable bonds is 5. The third-order valence-electron chi connectivity index (χ3n) is 1.89. The molecular weight excluding hydrogens is 302 g/mol. The lowest BCUT2D eigenvalue weighted by molar-refractivity contribution is -0.112. The van der Waals surface area contributed by atoms with Crippen LogP contribution in [0.25, 0.3) is 0 Å². The Hall–Kier alpha value is -1.82. The number of carboxylic acid groups (broad SMARTS) is 1. The van der Waals surface area contributed by atoms with Crippen molar-refractivity contribution >= 4 is 33.5 Å². The summed E-state index contributed by atoms with van der Waals surface area (Å²) in [4.78, 5) is 22.3. The number of hydrogen-bond donors (Lipinski definition) is 2. The molecule has 6 heteroatoms. The highest BCUT2D eigenvalue weighted by Gasteiger charge is 2.07. The molecule has 1 amide bonds. The Morgan fingerprint density at radius 2 is 2.17 bits per heavy atom. The van der Waals surface area contributed by atoms with Crippen LogP contribution in [0.5, 0.6) is 0 Å². The van der Waals surface area contributed by atoms with Gasteiger partial charge in [-0.3, -0.25) is 4.79 Å². The van der Waals surface area contributed by atoms with Gasteiger partial charge >= 0.3 is 5.97 Å². The highest BCUT2D eigenvalue weighted by molar-refractivity contribution is 9.10. The SMILES string of the molecule is CCO/C=C/C(=O)Nc1cc(Br)cc(C(=O)O)c1. The van der Waals surface area contributed by atoms with E-state index >= 15 is 0 Å². The topological polar surface area (TPSA) is 75.6 Å². The average molecular weight is 314 g/mol. The zero-order chi connectivity index (χ0) is 13.5. The van der Waals surface area contributed by atoms with E-state index in [1.165, 1.54) is 24.5 Å². The second-order valence-corrected chi connectivity index (χ2v) is 4.20. The molecule has 0 aliphatic carbocycles. The highest BCUT2D eigenvalue weighted by Crippen LogP contribution is 2.19.